The molecule has 0 heterocycles. The lowest BCUT2D eigenvalue weighted by molar-refractivity contribution is -0.137. The standard InChI is InChI=1S/C15H22N2O2/c1-11(2)17(10-14(16)18)15(19)9-12(3)13-7-5-4-6-8-13/h4-8,11-12H,9-10H2,1-3H3,(H2,16,18). The molecule has 1 aromatic rings. The molecule has 1 atom stereocenters. The van der Waals surface area contributed by atoms with Gasteiger partial charge in [0.2, 0.25) is 11.8 Å². The minimum Gasteiger partial charge on any atom is -0.368 e. The lowest BCUT2D eigenvalue weighted by Crippen LogP contribution is -2.43. The topological polar surface area (TPSA) is 63.4 Å². The number of carbonyl (C=O) groups excluding carboxylic acids is 2. The Morgan fingerprint density at radius 1 is 1.16 bits per heavy atom. The second kappa shape index (κ2) is 6.92. The Morgan fingerprint density at radius 2 is 1.74 bits per heavy atom. The van der Waals surface area contributed by atoms with Crippen LogP contribution in [-0.2, 0) is 9.59 Å². The predicted molar refractivity (Wildman–Crippen MR) is 75.5 cm³/mol. The molecular formula is C15H22N2O2. The summed E-state index contributed by atoms with van der Waals surface area (Å²) in [5.41, 5.74) is 6.30. The van der Waals surface area contributed by atoms with Gasteiger partial charge in [-0.15, -0.1) is 0 Å². The summed E-state index contributed by atoms with van der Waals surface area (Å²) in [6.45, 7) is 5.76. The van der Waals surface area contributed by atoms with E-state index in [0.717, 1.165) is 5.56 Å². The molecule has 0 aromatic heterocycles. The molecule has 0 aliphatic heterocycles. The van der Waals surface area contributed by atoms with Crippen molar-refractivity contribution in [3.05, 3.63) is 35.9 Å². The molecular weight excluding hydrogens is 240 g/mol. The molecule has 19 heavy (non-hydrogen) atoms. The van der Waals surface area contributed by atoms with Crippen LogP contribution in [0.5, 0.6) is 0 Å². The SMILES string of the molecule is CC(CC(=O)N(CC(N)=O)C(C)C)c1ccccc1. The van der Waals surface area contributed by atoms with Crippen LogP contribution in [0.25, 0.3) is 0 Å². The Kier molecular flexibility index (Phi) is 5.55. The maximum Gasteiger partial charge on any atom is 0.237 e. The molecule has 1 unspecified atom stereocenters. The Hall–Kier alpha value is -1.84. The van der Waals surface area contributed by atoms with E-state index in [9.17, 15) is 9.59 Å². The minimum atomic E-state index is -0.477. The van der Waals surface area contributed by atoms with E-state index in [1.54, 1.807) is 0 Å². The molecule has 0 bridgehead atoms. The van der Waals surface area contributed by atoms with E-state index in [2.05, 4.69) is 0 Å². The molecule has 0 saturated heterocycles. The smallest absolute Gasteiger partial charge is 0.237 e. The van der Waals surface area contributed by atoms with E-state index in [-0.39, 0.29) is 24.4 Å². The van der Waals surface area contributed by atoms with Gasteiger partial charge >= 0.3 is 0 Å². The summed E-state index contributed by atoms with van der Waals surface area (Å²) in [5.74, 6) is -0.387. The molecule has 0 saturated carbocycles. The molecule has 1 aromatic carbocycles. The van der Waals surface area contributed by atoms with Crippen LogP contribution in [0.15, 0.2) is 30.3 Å². The van der Waals surface area contributed by atoms with Crippen molar-refractivity contribution in [1.29, 1.82) is 0 Å². The Labute approximate surface area is 114 Å². The van der Waals surface area contributed by atoms with Crippen LogP contribution in [0.3, 0.4) is 0 Å². The number of amides is 2. The van der Waals surface area contributed by atoms with Gasteiger partial charge in [0.15, 0.2) is 0 Å². The lowest BCUT2D eigenvalue weighted by Gasteiger charge is -2.26. The summed E-state index contributed by atoms with van der Waals surface area (Å²) in [4.78, 5) is 24.8. The van der Waals surface area contributed by atoms with E-state index in [1.165, 1.54) is 4.90 Å². The Bertz CT molecular complexity index is 429. The van der Waals surface area contributed by atoms with Crippen LogP contribution in [0, 0.1) is 0 Å². The number of rotatable bonds is 6. The molecule has 0 radical (unpaired) electrons. The van der Waals surface area contributed by atoms with Crippen molar-refractivity contribution in [3.63, 3.8) is 0 Å². The molecule has 0 fully saturated rings. The van der Waals surface area contributed by atoms with Gasteiger partial charge in [0.25, 0.3) is 0 Å². The van der Waals surface area contributed by atoms with Crippen molar-refractivity contribution in [2.24, 2.45) is 5.73 Å². The third kappa shape index (κ3) is 4.73. The zero-order valence-electron chi connectivity index (χ0n) is 11.8. The Balaban J connectivity index is 2.69. The number of benzene rings is 1. The van der Waals surface area contributed by atoms with Crippen LogP contribution in [0.1, 0.15) is 38.7 Å². The van der Waals surface area contributed by atoms with Crippen molar-refractivity contribution in [2.45, 2.75) is 39.2 Å². The zero-order chi connectivity index (χ0) is 14.4. The van der Waals surface area contributed by atoms with Gasteiger partial charge in [-0.1, -0.05) is 37.3 Å². The maximum atomic E-state index is 12.2. The summed E-state index contributed by atoms with van der Waals surface area (Å²) in [6, 6.07) is 9.85. The average molecular weight is 262 g/mol. The lowest BCUT2D eigenvalue weighted by atomic mass is 9.97. The van der Waals surface area contributed by atoms with Gasteiger partial charge < -0.3 is 10.6 Å². The summed E-state index contributed by atoms with van der Waals surface area (Å²) >= 11 is 0. The molecule has 4 heteroatoms. The Morgan fingerprint density at radius 3 is 2.21 bits per heavy atom. The normalized spacial score (nSPS) is 12.2. The van der Waals surface area contributed by atoms with Gasteiger partial charge in [0, 0.05) is 12.5 Å². The maximum absolute atomic E-state index is 12.2. The van der Waals surface area contributed by atoms with Crippen LogP contribution in [0.2, 0.25) is 0 Å². The monoisotopic (exact) mass is 262 g/mol. The van der Waals surface area contributed by atoms with Crippen LogP contribution in [-0.4, -0.2) is 29.3 Å². The van der Waals surface area contributed by atoms with E-state index in [1.807, 2.05) is 51.1 Å². The largest absolute Gasteiger partial charge is 0.368 e. The third-order valence-electron chi connectivity index (χ3n) is 3.12. The number of carbonyl (C=O) groups is 2. The second-order valence-corrected chi connectivity index (χ2v) is 5.10. The predicted octanol–water partition coefficient (Wildman–Crippen LogP) is 1.90. The zero-order valence-corrected chi connectivity index (χ0v) is 11.8. The number of hydrogen-bond acceptors (Lipinski definition) is 2. The molecule has 0 aliphatic rings. The fourth-order valence-corrected chi connectivity index (χ4v) is 2.01. The van der Waals surface area contributed by atoms with E-state index >= 15 is 0 Å². The molecule has 2 N–H and O–H groups in total. The average Bonchev–Trinajstić information content (AvgIpc) is 2.36. The van der Waals surface area contributed by atoms with Gasteiger partial charge in [-0.25, -0.2) is 0 Å². The first-order valence-corrected chi connectivity index (χ1v) is 6.54. The molecule has 0 spiro atoms. The number of primary amides is 1. The van der Waals surface area contributed by atoms with Crippen molar-refractivity contribution in [1.82, 2.24) is 4.90 Å². The highest BCUT2D eigenvalue weighted by Crippen LogP contribution is 2.20. The number of hydrogen-bond donors (Lipinski definition) is 1. The number of nitrogens with zero attached hydrogens (tertiary/aromatic N) is 1. The second-order valence-electron chi connectivity index (χ2n) is 5.10. The van der Waals surface area contributed by atoms with E-state index in [0.29, 0.717) is 6.42 Å². The minimum absolute atomic E-state index is 0.0159. The highest BCUT2D eigenvalue weighted by atomic mass is 16.2. The quantitative estimate of drug-likeness (QED) is 0.851. The van der Waals surface area contributed by atoms with Crippen molar-refractivity contribution in [2.75, 3.05) is 6.54 Å². The van der Waals surface area contributed by atoms with Gasteiger partial charge in [-0.3, -0.25) is 9.59 Å². The van der Waals surface area contributed by atoms with Crippen LogP contribution < -0.4 is 5.73 Å². The van der Waals surface area contributed by atoms with Gasteiger partial charge in [0.05, 0.1) is 6.54 Å². The van der Waals surface area contributed by atoms with Crippen LogP contribution in [0.4, 0.5) is 0 Å². The highest BCUT2D eigenvalue weighted by molar-refractivity contribution is 5.84. The van der Waals surface area contributed by atoms with E-state index in [4.69, 9.17) is 5.73 Å². The van der Waals surface area contributed by atoms with Gasteiger partial charge in [-0.2, -0.15) is 0 Å². The fraction of sp³-hybridized carbons (Fsp3) is 0.467. The van der Waals surface area contributed by atoms with Gasteiger partial charge in [-0.05, 0) is 25.3 Å². The third-order valence-corrected chi connectivity index (χ3v) is 3.12. The summed E-state index contributed by atoms with van der Waals surface area (Å²) in [7, 11) is 0. The van der Waals surface area contributed by atoms with Crippen molar-refractivity contribution in [3.8, 4) is 0 Å². The van der Waals surface area contributed by atoms with E-state index < -0.39 is 5.91 Å². The number of nitrogens with two attached hydrogens (primary N) is 1. The summed E-state index contributed by atoms with van der Waals surface area (Å²) in [5, 5.41) is 0. The molecule has 104 valence electrons. The molecule has 4 nitrogen and oxygen atoms in total. The van der Waals surface area contributed by atoms with Crippen molar-refractivity contribution < 1.29 is 9.59 Å². The first-order valence-electron chi connectivity index (χ1n) is 6.54. The summed E-state index contributed by atoms with van der Waals surface area (Å²) < 4.78 is 0. The first kappa shape index (κ1) is 15.2. The molecule has 2 amide bonds. The molecule has 1 rings (SSSR count). The van der Waals surface area contributed by atoms with Crippen molar-refractivity contribution >= 4 is 11.8 Å². The highest BCUT2D eigenvalue weighted by Gasteiger charge is 2.21. The van der Waals surface area contributed by atoms with Gasteiger partial charge in [0.1, 0.15) is 0 Å². The first-order chi connectivity index (χ1) is 8.91. The summed E-state index contributed by atoms with van der Waals surface area (Å²) in [6.07, 6.45) is 0.384. The fourth-order valence-electron chi connectivity index (χ4n) is 2.01. The molecule has 0 aliphatic carbocycles. The van der Waals surface area contributed by atoms with Crippen LogP contribution >= 0.6 is 0 Å².